The second-order valence-electron chi connectivity index (χ2n) is 6.81. The number of hydrazine groups is 1. The fraction of sp³-hybridized carbons (Fsp3) is 0.0870. The molecule has 9 heteroatoms. The zero-order chi connectivity index (χ0) is 22.5. The number of H-pyrrole nitrogens is 1. The van der Waals surface area contributed by atoms with Gasteiger partial charge in [0.15, 0.2) is 12.4 Å². The molecule has 1 aromatic heterocycles. The predicted octanol–water partition coefficient (Wildman–Crippen LogP) is 4.01. The van der Waals surface area contributed by atoms with Gasteiger partial charge in [-0.15, -0.1) is 0 Å². The topological polar surface area (TPSA) is 96.1 Å². The number of ether oxygens (including phenoxy) is 1. The number of rotatable bonds is 6. The van der Waals surface area contributed by atoms with Crippen LogP contribution in [0.1, 0.15) is 22.6 Å². The number of alkyl halides is 2. The van der Waals surface area contributed by atoms with Crippen molar-refractivity contribution in [2.45, 2.75) is 6.43 Å². The van der Waals surface area contributed by atoms with Gasteiger partial charge >= 0.3 is 0 Å². The maximum atomic E-state index is 12.8. The number of halogens is 2. The molecule has 0 fully saturated rings. The van der Waals surface area contributed by atoms with Crippen molar-refractivity contribution < 1.29 is 23.1 Å². The summed E-state index contributed by atoms with van der Waals surface area (Å²) in [7, 11) is 0. The number of aromatic nitrogens is 2. The second kappa shape index (κ2) is 9.25. The third-order valence-corrected chi connectivity index (χ3v) is 4.62. The number of benzene rings is 3. The smallest absolute Gasteiger partial charge is 0.295 e. The van der Waals surface area contributed by atoms with E-state index < -0.39 is 24.1 Å². The highest BCUT2D eigenvalue weighted by Gasteiger charge is 2.15. The first-order valence-electron chi connectivity index (χ1n) is 9.65. The molecule has 2 amide bonds. The van der Waals surface area contributed by atoms with Crippen molar-refractivity contribution in [3.8, 4) is 16.9 Å². The Labute approximate surface area is 181 Å². The molecule has 1 heterocycles. The first kappa shape index (κ1) is 21.0. The van der Waals surface area contributed by atoms with Gasteiger partial charge in [0, 0.05) is 11.1 Å². The SMILES string of the molecule is O=C(COc1ccccc1-c1ccccc1)NNC(=O)c1ccc2nc(C(F)F)[nH]c2c1. The third-order valence-electron chi connectivity index (χ3n) is 4.62. The van der Waals surface area contributed by atoms with Gasteiger partial charge in [0.05, 0.1) is 11.0 Å². The summed E-state index contributed by atoms with van der Waals surface area (Å²) in [6, 6.07) is 21.1. The van der Waals surface area contributed by atoms with E-state index in [0.717, 1.165) is 11.1 Å². The Morgan fingerprint density at radius 2 is 1.72 bits per heavy atom. The van der Waals surface area contributed by atoms with Crippen LogP contribution in [-0.2, 0) is 4.79 Å². The summed E-state index contributed by atoms with van der Waals surface area (Å²) in [4.78, 5) is 30.6. The van der Waals surface area contributed by atoms with E-state index in [1.54, 1.807) is 12.1 Å². The molecule has 0 spiro atoms. The lowest BCUT2D eigenvalue weighted by molar-refractivity contribution is -0.123. The molecule has 3 N–H and O–H groups in total. The second-order valence-corrected chi connectivity index (χ2v) is 6.81. The molecule has 0 radical (unpaired) electrons. The van der Waals surface area contributed by atoms with Crippen molar-refractivity contribution in [2.75, 3.05) is 6.61 Å². The van der Waals surface area contributed by atoms with E-state index in [4.69, 9.17) is 4.74 Å². The molecule has 0 saturated carbocycles. The van der Waals surface area contributed by atoms with Crippen LogP contribution in [0.25, 0.3) is 22.2 Å². The largest absolute Gasteiger partial charge is 0.483 e. The molecule has 4 rings (SSSR count). The molecule has 0 saturated heterocycles. The van der Waals surface area contributed by atoms with Crippen LogP contribution in [0, 0.1) is 0 Å². The number of hydrogen-bond donors (Lipinski definition) is 3. The van der Waals surface area contributed by atoms with Crippen molar-refractivity contribution in [1.29, 1.82) is 0 Å². The van der Waals surface area contributed by atoms with E-state index in [9.17, 15) is 18.4 Å². The van der Waals surface area contributed by atoms with Gasteiger partial charge in [-0.25, -0.2) is 13.8 Å². The molecule has 0 aliphatic rings. The van der Waals surface area contributed by atoms with Crippen LogP contribution in [0.4, 0.5) is 8.78 Å². The molecule has 7 nitrogen and oxygen atoms in total. The summed E-state index contributed by atoms with van der Waals surface area (Å²) in [6.45, 7) is -0.318. The Morgan fingerprint density at radius 3 is 2.50 bits per heavy atom. The lowest BCUT2D eigenvalue weighted by Crippen LogP contribution is -2.43. The molecule has 32 heavy (non-hydrogen) atoms. The summed E-state index contributed by atoms with van der Waals surface area (Å²) < 4.78 is 31.1. The molecule has 0 unspecified atom stereocenters. The number of amides is 2. The van der Waals surface area contributed by atoms with Crippen LogP contribution in [0.15, 0.2) is 72.8 Å². The van der Waals surface area contributed by atoms with E-state index in [1.165, 1.54) is 18.2 Å². The van der Waals surface area contributed by atoms with E-state index in [1.807, 2.05) is 42.5 Å². The molecule has 0 aliphatic heterocycles. The minimum Gasteiger partial charge on any atom is -0.483 e. The highest BCUT2D eigenvalue weighted by molar-refractivity contribution is 5.98. The van der Waals surface area contributed by atoms with Gasteiger partial charge in [0.2, 0.25) is 0 Å². The Kier molecular flexibility index (Phi) is 6.07. The maximum Gasteiger partial charge on any atom is 0.295 e. The number of carbonyl (C=O) groups is 2. The number of nitrogens with one attached hydrogen (secondary N) is 3. The van der Waals surface area contributed by atoms with Crippen LogP contribution in [-0.4, -0.2) is 28.4 Å². The zero-order valence-electron chi connectivity index (χ0n) is 16.6. The Balaban J connectivity index is 1.35. The molecular formula is C23H18F2N4O3. The van der Waals surface area contributed by atoms with Gasteiger partial charge < -0.3 is 9.72 Å². The highest BCUT2D eigenvalue weighted by Crippen LogP contribution is 2.29. The molecule has 4 aromatic rings. The lowest BCUT2D eigenvalue weighted by Gasteiger charge is -2.12. The van der Waals surface area contributed by atoms with Crippen LogP contribution in [0.2, 0.25) is 0 Å². The quantitative estimate of drug-likeness (QED) is 0.398. The molecule has 162 valence electrons. The van der Waals surface area contributed by atoms with E-state index in [-0.39, 0.29) is 12.2 Å². The van der Waals surface area contributed by atoms with Gasteiger partial charge in [-0.1, -0.05) is 48.5 Å². The number of hydrogen-bond acceptors (Lipinski definition) is 4. The van der Waals surface area contributed by atoms with Crippen molar-refractivity contribution in [2.24, 2.45) is 0 Å². The number of aromatic amines is 1. The minimum atomic E-state index is -2.74. The van der Waals surface area contributed by atoms with Crippen LogP contribution >= 0.6 is 0 Å². The molecular weight excluding hydrogens is 418 g/mol. The molecule has 0 bridgehead atoms. The maximum absolute atomic E-state index is 12.8. The minimum absolute atomic E-state index is 0.164. The fourth-order valence-corrected chi connectivity index (χ4v) is 3.10. The molecule has 0 atom stereocenters. The Morgan fingerprint density at radius 1 is 0.969 bits per heavy atom. The molecule has 0 aliphatic carbocycles. The van der Waals surface area contributed by atoms with Gasteiger partial charge in [-0.2, -0.15) is 0 Å². The van der Waals surface area contributed by atoms with E-state index in [0.29, 0.717) is 16.8 Å². The van der Waals surface area contributed by atoms with E-state index >= 15 is 0 Å². The van der Waals surface area contributed by atoms with Crippen molar-refractivity contribution in [3.63, 3.8) is 0 Å². The van der Waals surface area contributed by atoms with Gasteiger partial charge in [-0.3, -0.25) is 20.4 Å². The number of imidazole rings is 1. The van der Waals surface area contributed by atoms with Crippen molar-refractivity contribution in [1.82, 2.24) is 20.8 Å². The van der Waals surface area contributed by atoms with Crippen LogP contribution < -0.4 is 15.6 Å². The highest BCUT2D eigenvalue weighted by atomic mass is 19.3. The summed E-state index contributed by atoms with van der Waals surface area (Å²) in [5, 5.41) is 0. The number of fused-ring (bicyclic) bond motifs is 1. The van der Waals surface area contributed by atoms with Gasteiger partial charge in [-0.05, 0) is 29.8 Å². The number of para-hydroxylation sites is 1. The summed E-state index contributed by atoms with van der Waals surface area (Å²) in [6.07, 6.45) is -2.74. The standard InChI is InChI=1S/C23H18F2N4O3/c24-21(25)22-26-17-11-10-15(12-18(17)27-22)23(31)29-28-20(30)13-32-19-9-5-4-8-16(19)14-6-2-1-3-7-14/h1-12,21H,13H2,(H,26,27)(H,28,30)(H,29,31). The first-order chi connectivity index (χ1) is 15.5. The monoisotopic (exact) mass is 436 g/mol. The third kappa shape index (κ3) is 4.72. The van der Waals surface area contributed by atoms with Crippen molar-refractivity contribution >= 4 is 22.8 Å². The first-order valence-corrected chi connectivity index (χ1v) is 9.65. The van der Waals surface area contributed by atoms with Crippen LogP contribution in [0.3, 0.4) is 0 Å². The van der Waals surface area contributed by atoms with E-state index in [2.05, 4.69) is 20.8 Å². The van der Waals surface area contributed by atoms with Gasteiger partial charge in [0.25, 0.3) is 18.2 Å². The Hall–Kier alpha value is -4.27. The number of nitrogens with zero attached hydrogens (tertiary/aromatic N) is 1. The fourth-order valence-electron chi connectivity index (χ4n) is 3.10. The lowest BCUT2D eigenvalue weighted by atomic mass is 10.1. The number of carbonyl (C=O) groups excluding carboxylic acids is 2. The zero-order valence-corrected chi connectivity index (χ0v) is 16.6. The van der Waals surface area contributed by atoms with Crippen molar-refractivity contribution in [3.05, 3.63) is 84.2 Å². The summed E-state index contributed by atoms with van der Waals surface area (Å²) in [5.74, 6) is -1.12. The van der Waals surface area contributed by atoms with Crippen LogP contribution in [0.5, 0.6) is 5.75 Å². The predicted molar refractivity (Wildman–Crippen MR) is 114 cm³/mol. The average Bonchev–Trinajstić information content (AvgIpc) is 3.26. The Bertz CT molecular complexity index is 1260. The summed E-state index contributed by atoms with van der Waals surface area (Å²) >= 11 is 0. The average molecular weight is 436 g/mol. The normalized spacial score (nSPS) is 10.8. The van der Waals surface area contributed by atoms with Gasteiger partial charge in [0.1, 0.15) is 5.75 Å². The molecule has 3 aromatic carbocycles. The summed E-state index contributed by atoms with van der Waals surface area (Å²) in [5.41, 5.74) is 7.09.